The maximum Gasteiger partial charge on any atom is 0.251 e. The van der Waals surface area contributed by atoms with Gasteiger partial charge in [0.05, 0.1) is 36.5 Å². The second-order valence-corrected chi connectivity index (χ2v) is 3.29. The number of hydrogen-bond donors (Lipinski definition) is 1. The molecule has 6 heteroatoms. The van der Waals surface area contributed by atoms with Crippen LogP contribution in [0.1, 0.15) is 16.1 Å². The summed E-state index contributed by atoms with van der Waals surface area (Å²) in [6.07, 6.45) is 6.55. The molecule has 2 aromatic rings. The molecule has 0 fully saturated rings. The molecule has 2 heterocycles. The van der Waals surface area contributed by atoms with E-state index in [2.05, 4.69) is 10.1 Å². The zero-order valence-corrected chi connectivity index (χ0v) is 8.29. The van der Waals surface area contributed by atoms with Crippen LogP contribution in [0.2, 0.25) is 0 Å². The minimum absolute atomic E-state index is 0.414. The van der Waals surface area contributed by atoms with Crippen LogP contribution < -0.4 is 5.73 Å². The van der Waals surface area contributed by atoms with E-state index in [9.17, 15) is 4.79 Å². The van der Waals surface area contributed by atoms with Gasteiger partial charge in [-0.1, -0.05) is 0 Å². The summed E-state index contributed by atoms with van der Waals surface area (Å²) >= 11 is 0. The van der Waals surface area contributed by atoms with Crippen molar-refractivity contribution in [3.05, 3.63) is 36.2 Å². The highest BCUT2D eigenvalue weighted by atomic mass is 16.1. The number of primary amides is 1. The van der Waals surface area contributed by atoms with Gasteiger partial charge in [0.2, 0.25) is 0 Å². The number of carbonyl (C=O) groups excluding carboxylic acids is 1. The molecule has 78 valence electrons. The van der Waals surface area contributed by atoms with E-state index in [-0.39, 0.29) is 0 Å². The Morgan fingerprint density at radius 1 is 1.53 bits per heavy atom. The Bertz CT molecular complexity index is 484. The van der Waals surface area contributed by atoms with Crippen molar-refractivity contribution >= 4 is 5.91 Å². The van der Waals surface area contributed by atoms with Crippen LogP contribution in [0.5, 0.6) is 0 Å². The molecule has 0 spiro atoms. The van der Waals surface area contributed by atoms with Crippen LogP contribution in [-0.4, -0.2) is 25.2 Å². The largest absolute Gasteiger partial charge is 0.366 e. The molecule has 2 rings (SSSR count). The molecule has 0 bridgehead atoms. The van der Waals surface area contributed by atoms with E-state index in [1.807, 2.05) is 11.6 Å². The number of nitrogens with zero attached hydrogens (tertiary/aromatic N) is 4. The third-order valence-corrected chi connectivity index (χ3v) is 2.16. The van der Waals surface area contributed by atoms with Gasteiger partial charge in [-0.2, -0.15) is 5.10 Å². The molecular weight excluding hydrogens is 194 g/mol. The summed E-state index contributed by atoms with van der Waals surface area (Å²) in [4.78, 5) is 14.8. The highest BCUT2D eigenvalue weighted by Gasteiger charge is 2.05. The van der Waals surface area contributed by atoms with Gasteiger partial charge in [-0.15, -0.1) is 0 Å². The molecule has 2 aromatic heterocycles. The Morgan fingerprint density at radius 2 is 2.33 bits per heavy atom. The fraction of sp³-hybridized carbons (Fsp3) is 0.222. The minimum atomic E-state index is -0.466. The molecule has 0 aliphatic rings. The Labute approximate surface area is 86.3 Å². The zero-order chi connectivity index (χ0) is 10.8. The first-order chi connectivity index (χ1) is 7.16. The maximum atomic E-state index is 10.8. The standard InChI is InChI=1S/C9H11N5O/c1-13-6-11-3-8(13)5-14-4-7(2-12-14)9(10)15/h2-4,6H,5H2,1H3,(H2,10,15). The molecule has 0 aromatic carbocycles. The molecule has 15 heavy (non-hydrogen) atoms. The SMILES string of the molecule is Cn1cncc1Cn1cc(C(N)=O)cn1. The molecule has 0 aliphatic carbocycles. The van der Waals surface area contributed by atoms with Crippen molar-refractivity contribution in [2.45, 2.75) is 6.54 Å². The smallest absolute Gasteiger partial charge is 0.251 e. The molecule has 0 aliphatic heterocycles. The van der Waals surface area contributed by atoms with Crippen LogP contribution >= 0.6 is 0 Å². The average molecular weight is 205 g/mol. The molecule has 0 saturated carbocycles. The highest BCUT2D eigenvalue weighted by molar-refractivity contribution is 5.92. The van der Waals surface area contributed by atoms with E-state index in [1.54, 1.807) is 23.4 Å². The number of aromatic nitrogens is 4. The topological polar surface area (TPSA) is 78.7 Å². The second-order valence-electron chi connectivity index (χ2n) is 3.29. The number of nitrogens with two attached hydrogens (primary N) is 1. The van der Waals surface area contributed by atoms with Gasteiger partial charge in [-0.05, 0) is 0 Å². The number of hydrogen-bond acceptors (Lipinski definition) is 3. The zero-order valence-electron chi connectivity index (χ0n) is 8.29. The molecule has 6 nitrogen and oxygen atoms in total. The van der Waals surface area contributed by atoms with Crippen molar-refractivity contribution in [3.63, 3.8) is 0 Å². The van der Waals surface area contributed by atoms with Crippen molar-refractivity contribution in [3.8, 4) is 0 Å². The lowest BCUT2D eigenvalue weighted by Crippen LogP contribution is -2.10. The first-order valence-corrected chi connectivity index (χ1v) is 4.44. The maximum absolute atomic E-state index is 10.8. The predicted octanol–water partition coefficient (Wildman–Crippen LogP) is -0.236. The quantitative estimate of drug-likeness (QED) is 0.751. The number of amides is 1. The van der Waals surface area contributed by atoms with Gasteiger partial charge in [-0.25, -0.2) is 4.98 Å². The normalized spacial score (nSPS) is 10.5. The van der Waals surface area contributed by atoms with Crippen molar-refractivity contribution in [1.82, 2.24) is 19.3 Å². The summed E-state index contributed by atoms with van der Waals surface area (Å²) in [5.74, 6) is -0.466. The summed E-state index contributed by atoms with van der Waals surface area (Å²) in [6.45, 7) is 0.573. The Hall–Kier alpha value is -2.11. The molecule has 2 N–H and O–H groups in total. The number of rotatable bonds is 3. The van der Waals surface area contributed by atoms with Gasteiger partial charge in [0, 0.05) is 13.2 Å². The summed E-state index contributed by atoms with van der Waals surface area (Å²) in [6, 6.07) is 0. The fourth-order valence-corrected chi connectivity index (χ4v) is 1.28. The molecule has 0 radical (unpaired) electrons. The van der Waals surface area contributed by atoms with Crippen LogP contribution in [-0.2, 0) is 13.6 Å². The van der Waals surface area contributed by atoms with Crippen molar-refractivity contribution in [2.75, 3.05) is 0 Å². The summed E-state index contributed by atoms with van der Waals surface area (Å²) in [5.41, 5.74) is 6.54. The van der Waals surface area contributed by atoms with Gasteiger partial charge in [-0.3, -0.25) is 9.48 Å². The van der Waals surface area contributed by atoms with Crippen molar-refractivity contribution in [1.29, 1.82) is 0 Å². The van der Waals surface area contributed by atoms with Gasteiger partial charge < -0.3 is 10.3 Å². The second kappa shape index (κ2) is 3.56. The Kier molecular flexibility index (Phi) is 2.24. The summed E-state index contributed by atoms with van der Waals surface area (Å²) in [7, 11) is 1.90. The monoisotopic (exact) mass is 205 g/mol. The summed E-state index contributed by atoms with van der Waals surface area (Å²) in [5, 5.41) is 4.03. The van der Waals surface area contributed by atoms with Gasteiger partial charge in [0.1, 0.15) is 0 Å². The minimum Gasteiger partial charge on any atom is -0.366 e. The van der Waals surface area contributed by atoms with E-state index < -0.39 is 5.91 Å². The molecule has 0 saturated heterocycles. The number of carbonyl (C=O) groups is 1. The number of imidazole rings is 1. The molecule has 0 atom stereocenters. The lowest BCUT2D eigenvalue weighted by Gasteiger charge is -2.01. The third kappa shape index (κ3) is 1.88. The van der Waals surface area contributed by atoms with Crippen LogP contribution in [0, 0.1) is 0 Å². The van der Waals surface area contributed by atoms with E-state index >= 15 is 0 Å². The van der Waals surface area contributed by atoms with E-state index in [1.165, 1.54) is 6.20 Å². The van der Waals surface area contributed by atoms with Crippen LogP contribution in [0.3, 0.4) is 0 Å². The van der Waals surface area contributed by atoms with Gasteiger partial charge >= 0.3 is 0 Å². The van der Waals surface area contributed by atoms with Gasteiger partial charge in [0.25, 0.3) is 5.91 Å². The van der Waals surface area contributed by atoms with Crippen molar-refractivity contribution in [2.24, 2.45) is 12.8 Å². The Morgan fingerprint density at radius 3 is 2.87 bits per heavy atom. The van der Waals surface area contributed by atoms with E-state index in [0.717, 1.165) is 5.69 Å². The average Bonchev–Trinajstić information content (AvgIpc) is 2.77. The fourth-order valence-electron chi connectivity index (χ4n) is 1.28. The van der Waals surface area contributed by atoms with E-state index in [4.69, 9.17) is 5.73 Å². The Balaban J connectivity index is 2.18. The van der Waals surface area contributed by atoms with Crippen LogP contribution in [0.4, 0.5) is 0 Å². The highest BCUT2D eigenvalue weighted by Crippen LogP contribution is 2.02. The lowest BCUT2D eigenvalue weighted by molar-refractivity contribution is 0.1000. The first-order valence-electron chi connectivity index (χ1n) is 4.44. The molecular formula is C9H11N5O. The molecule has 1 amide bonds. The lowest BCUT2D eigenvalue weighted by atomic mass is 10.3. The van der Waals surface area contributed by atoms with E-state index in [0.29, 0.717) is 12.1 Å². The molecule has 0 unspecified atom stereocenters. The third-order valence-electron chi connectivity index (χ3n) is 2.16. The first kappa shape index (κ1) is 9.45. The summed E-state index contributed by atoms with van der Waals surface area (Å²) < 4.78 is 3.54. The predicted molar refractivity (Wildman–Crippen MR) is 53.1 cm³/mol. The van der Waals surface area contributed by atoms with Crippen molar-refractivity contribution < 1.29 is 4.79 Å². The number of aryl methyl sites for hydroxylation is 1. The van der Waals surface area contributed by atoms with Gasteiger partial charge in [0.15, 0.2) is 0 Å². The van der Waals surface area contributed by atoms with Crippen LogP contribution in [0.25, 0.3) is 0 Å². The van der Waals surface area contributed by atoms with Crippen LogP contribution in [0.15, 0.2) is 24.9 Å².